The number of aryl methyl sites for hydroxylation is 1. The number of non-ortho nitro benzene ring substituents is 1. The number of ether oxygens (including phenoxy) is 2. The normalized spacial score (nSPS) is 9.76. The summed E-state index contributed by atoms with van der Waals surface area (Å²) in [6.45, 7) is 1.74. The van der Waals surface area contributed by atoms with Gasteiger partial charge in [-0.15, -0.1) is 0 Å². The third kappa shape index (κ3) is 3.25. The zero-order chi connectivity index (χ0) is 15.4. The number of hydrogen-bond donors (Lipinski definition) is 0. The molecule has 0 radical (unpaired) electrons. The van der Waals surface area contributed by atoms with E-state index >= 15 is 0 Å². The van der Waals surface area contributed by atoms with Crippen LogP contribution in [0.1, 0.15) is 11.3 Å². The van der Waals surface area contributed by atoms with Gasteiger partial charge in [-0.3, -0.25) is 10.1 Å². The Labute approximate surface area is 120 Å². The van der Waals surface area contributed by atoms with Crippen molar-refractivity contribution in [3.63, 3.8) is 0 Å². The number of aromatic nitrogens is 1. The Hall–Kier alpha value is -3.14. The van der Waals surface area contributed by atoms with E-state index in [9.17, 15) is 10.1 Å². The number of nitro groups is 1. The first-order valence-electron chi connectivity index (χ1n) is 5.92. The quantitative estimate of drug-likeness (QED) is 0.632. The van der Waals surface area contributed by atoms with Gasteiger partial charge < -0.3 is 9.47 Å². The Balaban J connectivity index is 2.37. The first-order chi connectivity index (χ1) is 10.0. The monoisotopic (exact) mass is 285 g/mol. The number of nitro benzene ring substituents is 1. The topological polar surface area (TPSA) is 98.3 Å². The van der Waals surface area contributed by atoms with Crippen molar-refractivity contribution in [2.24, 2.45) is 0 Å². The van der Waals surface area contributed by atoms with E-state index in [1.54, 1.807) is 13.0 Å². The fourth-order valence-corrected chi connectivity index (χ4v) is 1.72. The number of nitrogens with zero attached hydrogens (tertiary/aromatic N) is 3. The predicted octanol–water partition coefficient (Wildman–Crippen LogP) is 2.97. The average molecular weight is 285 g/mol. The lowest BCUT2D eigenvalue weighted by Crippen LogP contribution is -1.96. The Morgan fingerprint density at radius 1 is 1.29 bits per heavy atom. The highest BCUT2D eigenvalue weighted by Crippen LogP contribution is 2.34. The van der Waals surface area contributed by atoms with E-state index in [0.717, 1.165) is 0 Å². The number of rotatable bonds is 4. The first-order valence-corrected chi connectivity index (χ1v) is 5.92. The molecule has 0 aliphatic carbocycles. The van der Waals surface area contributed by atoms with Crippen molar-refractivity contribution in [2.75, 3.05) is 7.11 Å². The van der Waals surface area contributed by atoms with Gasteiger partial charge >= 0.3 is 0 Å². The van der Waals surface area contributed by atoms with Crippen molar-refractivity contribution in [3.8, 4) is 23.4 Å². The lowest BCUT2D eigenvalue weighted by Gasteiger charge is -2.10. The molecular formula is C14H11N3O4. The highest BCUT2D eigenvalue weighted by Gasteiger charge is 2.13. The van der Waals surface area contributed by atoms with E-state index in [1.165, 1.54) is 31.4 Å². The number of nitriles is 1. The van der Waals surface area contributed by atoms with Gasteiger partial charge in [-0.25, -0.2) is 4.98 Å². The molecule has 7 nitrogen and oxygen atoms in total. The summed E-state index contributed by atoms with van der Waals surface area (Å²) in [5.74, 6) is 0.717. The van der Waals surface area contributed by atoms with Gasteiger partial charge in [0, 0.05) is 17.8 Å². The fourth-order valence-electron chi connectivity index (χ4n) is 1.72. The van der Waals surface area contributed by atoms with Crippen molar-refractivity contribution >= 4 is 5.69 Å². The molecule has 0 aliphatic heterocycles. The second-order valence-corrected chi connectivity index (χ2v) is 4.14. The minimum absolute atomic E-state index is 0.103. The predicted molar refractivity (Wildman–Crippen MR) is 73.4 cm³/mol. The van der Waals surface area contributed by atoms with E-state index in [2.05, 4.69) is 4.98 Å². The molecule has 0 fully saturated rings. The number of hydrogen-bond acceptors (Lipinski definition) is 6. The molecule has 7 heteroatoms. The van der Waals surface area contributed by atoms with E-state index < -0.39 is 4.92 Å². The highest BCUT2D eigenvalue weighted by atomic mass is 16.6. The van der Waals surface area contributed by atoms with Crippen molar-refractivity contribution in [1.82, 2.24) is 4.98 Å². The van der Waals surface area contributed by atoms with Crippen molar-refractivity contribution in [3.05, 3.63) is 51.7 Å². The van der Waals surface area contributed by atoms with Crippen LogP contribution in [0, 0.1) is 28.4 Å². The van der Waals surface area contributed by atoms with Gasteiger partial charge in [0.1, 0.15) is 0 Å². The molecule has 1 aromatic carbocycles. The summed E-state index contributed by atoms with van der Waals surface area (Å²) in [6, 6.07) is 9.10. The van der Waals surface area contributed by atoms with E-state index in [4.69, 9.17) is 14.7 Å². The van der Waals surface area contributed by atoms with Crippen LogP contribution in [-0.2, 0) is 0 Å². The van der Waals surface area contributed by atoms with Gasteiger partial charge in [-0.05, 0) is 19.1 Å². The molecule has 0 aliphatic rings. The summed E-state index contributed by atoms with van der Waals surface area (Å²) < 4.78 is 10.6. The smallest absolute Gasteiger partial charge is 0.273 e. The highest BCUT2D eigenvalue weighted by molar-refractivity contribution is 5.50. The Kier molecular flexibility index (Phi) is 4.00. The maximum atomic E-state index is 10.7. The van der Waals surface area contributed by atoms with Crippen LogP contribution >= 0.6 is 0 Å². The van der Waals surface area contributed by atoms with Crippen LogP contribution < -0.4 is 9.47 Å². The molecule has 106 valence electrons. The van der Waals surface area contributed by atoms with Crippen LogP contribution in [0.5, 0.6) is 17.4 Å². The van der Waals surface area contributed by atoms with E-state index in [0.29, 0.717) is 11.3 Å². The second kappa shape index (κ2) is 5.88. The van der Waals surface area contributed by atoms with Crippen molar-refractivity contribution < 1.29 is 14.4 Å². The summed E-state index contributed by atoms with van der Waals surface area (Å²) in [7, 11) is 1.39. The zero-order valence-corrected chi connectivity index (χ0v) is 11.4. The van der Waals surface area contributed by atoms with E-state index in [1.807, 2.05) is 6.07 Å². The van der Waals surface area contributed by atoms with Gasteiger partial charge in [0.15, 0.2) is 11.5 Å². The third-order valence-electron chi connectivity index (χ3n) is 2.63. The molecule has 0 spiro atoms. The summed E-state index contributed by atoms with van der Waals surface area (Å²) in [6.07, 6.45) is 0. The number of methoxy groups -OCH3 is 1. The van der Waals surface area contributed by atoms with Crippen LogP contribution in [0.25, 0.3) is 0 Å². The molecule has 1 aromatic heterocycles. The maximum Gasteiger partial charge on any atom is 0.273 e. The van der Waals surface area contributed by atoms with E-state index in [-0.39, 0.29) is 23.1 Å². The molecule has 1 heterocycles. The molecule has 2 rings (SSSR count). The summed E-state index contributed by atoms with van der Waals surface area (Å²) in [5.41, 5.74) is 0.942. The van der Waals surface area contributed by atoms with Crippen molar-refractivity contribution in [1.29, 1.82) is 5.26 Å². The largest absolute Gasteiger partial charge is 0.493 e. The van der Waals surface area contributed by atoms with Crippen LogP contribution in [0.2, 0.25) is 0 Å². The minimum atomic E-state index is -0.523. The van der Waals surface area contributed by atoms with Gasteiger partial charge in [-0.2, -0.15) is 5.26 Å². The van der Waals surface area contributed by atoms with Crippen LogP contribution in [0.3, 0.4) is 0 Å². The van der Waals surface area contributed by atoms with Gasteiger partial charge in [0.2, 0.25) is 5.88 Å². The maximum absolute atomic E-state index is 10.7. The van der Waals surface area contributed by atoms with Gasteiger partial charge in [0.25, 0.3) is 5.69 Å². The Bertz CT molecular complexity index is 737. The fraction of sp³-hybridized carbons (Fsp3) is 0.143. The molecule has 0 bridgehead atoms. The molecule has 0 amide bonds. The zero-order valence-electron chi connectivity index (χ0n) is 11.4. The Morgan fingerprint density at radius 2 is 2.05 bits per heavy atom. The van der Waals surface area contributed by atoms with Crippen molar-refractivity contribution in [2.45, 2.75) is 6.92 Å². The van der Waals surface area contributed by atoms with Crippen LogP contribution in [0.4, 0.5) is 5.69 Å². The molecule has 0 saturated carbocycles. The molecule has 0 unspecified atom stereocenters. The molecule has 0 atom stereocenters. The lowest BCUT2D eigenvalue weighted by molar-refractivity contribution is -0.384. The number of benzene rings is 1. The molecule has 2 aromatic rings. The minimum Gasteiger partial charge on any atom is -0.493 e. The molecule has 0 saturated heterocycles. The lowest BCUT2D eigenvalue weighted by atomic mass is 10.2. The Morgan fingerprint density at radius 3 is 2.67 bits per heavy atom. The first kappa shape index (κ1) is 14.3. The van der Waals surface area contributed by atoms with Gasteiger partial charge in [0.05, 0.1) is 29.7 Å². The third-order valence-corrected chi connectivity index (χ3v) is 2.63. The summed E-state index contributed by atoms with van der Waals surface area (Å²) in [4.78, 5) is 14.4. The number of pyridine rings is 1. The standard InChI is InChI=1S/C14H11N3O4/c1-9-5-10(8-15)6-14(16-9)21-12-4-3-11(17(18)19)7-13(12)20-2/h3-7H,1-2H3. The second-order valence-electron chi connectivity index (χ2n) is 4.14. The van der Waals surface area contributed by atoms with Gasteiger partial charge in [-0.1, -0.05) is 0 Å². The van der Waals surface area contributed by atoms with Crippen LogP contribution in [0.15, 0.2) is 30.3 Å². The molecule has 21 heavy (non-hydrogen) atoms. The average Bonchev–Trinajstić information content (AvgIpc) is 2.46. The molecular weight excluding hydrogens is 274 g/mol. The molecule has 0 N–H and O–H groups in total. The summed E-state index contributed by atoms with van der Waals surface area (Å²) in [5, 5.41) is 19.6. The summed E-state index contributed by atoms with van der Waals surface area (Å²) >= 11 is 0. The van der Waals surface area contributed by atoms with Crippen LogP contribution in [-0.4, -0.2) is 17.0 Å². The SMILES string of the molecule is COc1cc([N+](=O)[O-])ccc1Oc1cc(C#N)cc(C)n1.